The number of allylic oxidation sites excluding steroid dienone is 1. The van der Waals surface area contributed by atoms with Gasteiger partial charge in [-0.2, -0.15) is 0 Å². The maximum absolute atomic E-state index is 12.8. The van der Waals surface area contributed by atoms with Gasteiger partial charge in [0.25, 0.3) is 0 Å². The fourth-order valence-corrected chi connectivity index (χ4v) is 3.67. The standard InChI is InChI=1S/C18H24O5S/c1-6-7-15(16(17(19)22-4)18(20)23-5)13(3)24(21)14-10-8-12(2)9-11-14/h8-11,15-16H,3,6-7H2,1-2,4-5H3. The van der Waals surface area contributed by atoms with Gasteiger partial charge in [-0.1, -0.05) is 37.6 Å². The molecule has 2 atom stereocenters. The number of hydrogen-bond acceptors (Lipinski definition) is 5. The molecule has 24 heavy (non-hydrogen) atoms. The highest BCUT2D eigenvalue weighted by Gasteiger charge is 2.39. The zero-order valence-electron chi connectivity index (χ0n) is 14.5. The zero-order valence-corrected chi connectivity index (χ0v) is 15.4. The summed E-state index contributed by atoms with van der Waals surface area (Å²) in [6.07, 6.45) is 1.17. The predicted octanol–water partition coefficient (Wildman–Crippen LogP) is 2.99. The summed E-state index contributed by atoms with van der Waals surface area (Å²) in [6, 6.07) is 7.22. The Balaban J connectivity index is 3.18. The Bertz CT molecular complexity index is 605. The Labute approximate surface area is 145 Å². The van der Waals surface area contributed by atoms with E-state index >= 15 is 0 Å². The molecule has 0 heterocycles. The van der Waals surface area contributed by atoms with Gasteiger partial charge in [0, 0.05) is 15.7 Å². The van der Waals surface area contributed by atoms with Gasteiger partial charge in [-0.05, 0) is 25.5 Å². The van der Waals surface area contributed by atoms with E-state index in [1.165, 1.54) is 14.2 Å². The van der Waals surface area contributed by atoms with Crippen molar-refractivity contribution in [2.24, 2.45) is 11.8 Å². The van der Waals surface area contributed by atoms with Crippen molar-refractivity contribution in [2.75, 3.05) is 14.2 Å². The SMILES string of the molecule is C=C(C(CCC)C(C(=O)OC)C(=O)OC)S(=O)c1ccc(C)cc1. The molecule has 1 aromatic rings. The van der Waals surface area contributed by atoms with Crippen LogP contribution in [0.15, 0.2) is 40.6 Å². The van der Waals surface area contributed by atoms with E-state index in [9.17, 15) is 13.8 Å². The molecule has 1 aromatic carbocycles. The van der Waals surface area contributed by atoms with Gasteiger partial charge in [-0.3, -0.25) is 9.59 Å². The first-order valence-corrected chi connectivity index (χ1v) is 8.85. The zero-order chi connectivity index (χ0) is 18.3. The van der Waals surface area contributed by atoms with Gasteiger partial charge in [0.05, 0.1) is 25.0 Å². The van der Waals surface area contributed by atoms with Crippen LogP contribution in [0.5, 0.6) is 0 Å². The molecule has 6 heteroatoms. The number of esters is 2. The van der Waals surface area contributed by atoms with E-state index in [4.69, 9.17) is 9.47 Å². The van der Waals surface area contributed by atoms with E-state index in [1.54, 1.807) is 12.1 Å². The molecule has 132 valence electrons. The van der Waals surface area contributed by atoms with Crippen molar-refractivity contribution >= 4 is 22.7 Å². The first kappa shape index (κ1) is 20.1. The second kappa shape index (κ2) is 9.37. The smallest absolute Gasteiger partial charge is 0.320 e. The highest BCUT2D eigenvalue weighted by Crippen LogP contribution is 2.31. The number of hydrogen-bond donors (Lipinski definition) is 0. The fraction of sp³-hybridized carbons (Fsp3) is 0.444. The minimum absolute atomic E-state index is 0.321. The number of methoxy groups -OCH3 is 2. The number of benzene rings is 1. The van der Waals surface area contributed by atoms with Crippen LogP contribution in [0.2, 0.25) is 0 Å². The van der Waals surface area contributed by atoms with Gasteiger partial charge < -0.3 is 9.47 Å². The highest BCUT2D eigenvalue weighted by molar-refractivity contribution is 7.89. The number of aryl methyl sites for hydroxylation is 1. The molecule has 5 nitrogen and oxygen atoms in total. The van der Waals surface area contributed by atoms with Crippen molar-refractivity contribution in [3.8, 4) is 0 Å². The number of carbonyl (C=O) groups is 2. The molecule has 0 bridgehead atoms. The van der Waals surface area contributed by atoms with Crippen LogP contribution in [0.1, 0.15) is 25.3 Å². The Morgan fingerprint density at radius 2 is 1.62 bits per heavy atom. The Kier molecular flexibility index (Phi) is 7.85. The molecule has 0 fully saturated rings. The summed E-state index contributed by atoms with van der Waals surface area (Å²) in [7, 11) is 0.883. The van der Waals surface area contributed by atoms with Gasteiger partial charge in [0.15, 0.2) is 5.92 Å². The van der Waals surface area contributed by atoms with Crippen molar-refractivity contribution in [3.63, 3.8) is 0 Å². The number of carbonyl (C=O) groups excluding carboxylic acids is 2. The van der Waals surface area contributed by atoms with E-state index in [1.807, 2.05) is 26.0 Å². The maximum atomic E-state index is 12.8. The quantitative estimate of drug-likeness (QED) is 0.531. The monoisotopic (exact) mass is 352 g/mol. The normalized spacial score (nSPS) is 13.2. The molecule has 0 saturated carbocycles. The number of rotatable bonds is 8. The van der Waals surface area contributed by atoms with Crippen LogP contribution in [-0.4, -0.2) is 30.4 Å². The third-order valence-electron chi connectivity index (χ3n) is 3.80. The lowest BCUT2D eigenvalue weighted by molar-refractivity contribution is -0.160. The highest BCUT2D eigenvalue weighted by atomic mass is 32.2. The first-order chi connectivity index (χ1) is 11.4. The average Bonchev–Trinajstić information content (AvgIpc) is 2.60. The number of ether oxygens (including phenoxy) is 2. The van der Waals surface area contributed by atoms with Gasteiger partial charge >= 0.3 is 11.9 Å². The predicted molar refractivity (Wildman–Crippen MR) is 92.6 cm³/mol. The van der Waals surface area contributed by atoms with E-state index < -0.39 is 34.6 Å². The molecular weight excluding hydrogens is 328 g/mol. The summed E-state index contributed by atoms with van der Waals surface area (Å²) in [5.41, 5.74) is 1.05. The summed E-state index contributed by atoms with van der Waals surface area (Å²) in [5, 5.41) is 0. The fourth-order valence-electron chi connectivity index (χ4n) is 2.45. The van der Waals surface area contributed by atoms with Crippen LogP contribution >= 0.6 is 0 Å². The van der Waals surface area contributed by atoms with Crippen LogP contribution in [-0.2, 0) is 29.9 Å². The second-order valence-electron chi connectivity index (χ2n) is 5.47. The molecule has 0 aliphatic heterocycles. The van der Waals surface area contributed by atoms with Crippen LogP contribution in [0.4, 0.5) is 0 Å². The summed E-state index contributed by atoms with van der Waals surface area (Å²) >= 11 is 0. The maximum Gasteiger partial charge on any atom is 0.320 e. The van der Waals surface area contributed by atoms with Gasteiger partial charge in [0.1, 0.15) is 0 Å². The lowest BCUT2D eigenvalue weighted by Crippen LogP contribution is -2.35. The van der Waals surface area contributed by atoms with E-state index in [-0.39, 0.29) is 0 Å². The van der Waals surface area contributed by atoms with Gasteiger partial charge in [-0.25, -0.2) is 4.21 Å². The van der Waals surface area contributed by atoms with Crippen molar-refractivity contribution in [3.05, 3.63) is 41.3 Å². The average molecular weight is 352 g/mol. The van der Waals surface area contributed by atoms with Crippen LogP contribution in [0, 0.1) is 18.8 Å². The van der Waals surface area contributed by atoms with Crippen molar-refractivity contribution in [2.45, 2.75) is 31.6 Å². The van der Waals surface area contributed by atoms with Crippen molar-refractivity contribution < 1.29 is 23.3 Å². The van der Waals surface area contributed by atoms with Crippen LogP contribution in [0.3, 0.4) is 0 Å². The molecule has 0 aliphatic rings. The largest absolute Gasteiger partial charge is 0.468 e. The summed E-state index contributed by atoms with van der Waals surface area (Å²) in [5.74, 6) is -3.19. The van der Waals surface area contributed by atoms with Crippen LogP contribution in [0.25, 0.3) is 0 Å². The molecule has 0 aromatic heterocycles. The molecule has 0 spiro atoms. The van der Waals surface area contributed by atoms with Crippen LogP contribution < -0.4 is 0 Å². The molecule has 0 aliphatic carbocycles. The minimum Gasteiger partial charge on any atom is -0.468 e. The molecule has 2 unspecified atom stereocenters. The summed E-state index contributed by atoms with van der Waals surface area (Å²) < 4.78 is 22.3. The third kappa shape index (κ3) is 4.77. The molecule has 0 radical (unpaired) electrons. The van der Waals surface area contributed by atoms with Crippen molar-refractivity contribution in [1.82, 2.24) is 0 Å². The topological polar surface area (TPSA) is 69.7 Å². The van der Waals surface area contributed by atoms with E-state index in [0.717, 1.165) is 5.56 Å². The molecule has 0 saturated heterocycles. The molecule has 0 amide bonds. The third-order valence-corrected chi connectivity index (χ3v) is 5.28. The summed E-state index contributed by atoms with van der Waals surface area (Å²) in [6.45, 7) is 7.76. The second-order valence-corrected chi connectivity index (χ2v) is 7.00. The summed E-state index contributed by atoms with van der Waals surface area (Å²) in [4.78, 5) is 25.1. The van der Waals surface area contributed by atoms with Crippen molar-refractivity contribution in [1.29, 1.82) is 0 Å². The van der Waals surface area contributed by atoms with Gasteiger partial charge in [-0.15, -0.1) is 0 Å². The Morgan fingerprint density at radius 3 is 2.04 bits per heavy atom. The molecular formula is C18H24O5S. The Hall–Kier alpha value is -1.95. The molecule has 0 N–H and O–H groups in total. The van der Waals surface area contributed by atoms with E-state index in [0.29, 0.717) is 22.6 Å². The van der Waals surface area contributed by atoms with E-state index in [2.05, 4.69) is 6.58 Å². The molecule has 1 rings (SSSR count). The van der Waals surface area contributed by atoms with Gasteiger partial charge in [0.2, 0.25) is 0 Å². The lowest BCUT2D eigenvalue weighted by Gasteiger charge is -2.24. The lowest BCUT2D eigenvalue weighted by atomic mass is 9.88. The first-order valence-electron chi connectivity index (χ1n) is 7.70. The Morgan fingerprint density at radius 1 is 1.12 bits per heavy atom. The minimum atomic E-state index is -1.54.